The first-order valence-corrected chi connectivity index (χ1v) is 17.8. The number of hydrogen-bond acceptors (Lipinski definition) is 2. The normalized spacial score (nSPS) is 13.0. The summed E-state index contributed by atoms with van der Waals surface area (Å²) in [6.07, 6.45) is 64.9. The molecule has 0 bridgehead atoms. The van der Waals surface area contributed by atoms with Gasteiger partial charge < -0.3 is 10.2 Å². The molecule has 0 aliphatic rings. The lowest BCUT2D eigenvalue weighted by Crippen LogP contribution is -1.91. The van der Waals surface area contributed by atoms with Crippen LogP contribution in [0.25, 0.3) is 0 Å². The minimum Gasteiger partial charge on any atom is -0.481 e. The molecular formula is C44H64O4. The summed E-state index contributed by atoms with van der Waals surface area (Å²) in [6.45, 7) is 4.29. The Kier molecular flexibility index (Phi) is 41.0. The van der Waals surface area contributed by atoms with E-state index in [4.69, 9.17) is 10.2 Å². The summed E-state index contributed by atoms with van der Waals surface area (Å²) in [6, 6.07) is 0. The first-order valence-electron chi connectivity index (χ1n) is 17.8. The van der Waals surface area contributed by atoms with Crippen molar-refractivity contribution in [2.75, 3.05) is 0 Å². The summed E-state index contributed by atoms with van der Waals surface area (Å²) in [4.78, 5) is 20.6. The molecule has 0 rings (SSSR count). The van der Waals surface area contributed by atoms with Crippen LogP contribution in [0.15, 0.2) is 146 Å². The van der Waals surface area contributed by atoms with Gasteiger partial charge >= 0.3 is 11.9 Å². The molecule has 264 valence electrons. The summed E-state index contributed by atoms with van der Waals surface area (Å²) in [5, 5.41) is 17.0. The number of carbonyl (C=O) groups is 2. The number of carboxylic acids is 2. The molecule has 0 aromatic rings. The maximum atomic E-state index is 10.3. The van der Waals surface area contributed by atoms with E-state index in [0.29, 0.717) is 12.8 Å². The number of hydrogen-bond donors (Lipinski definition) is 2. The highest BCUT2D eigenvalue weighted by Crippen LogP contribution is 1.99. The van der Waals surface area contributed by atoms with Gasteiger partial charge in [0.2, 0.25) is 0 Å². The third-order valence-corrected chi connectivity index (χ3v) is 6.24. The average molecular weight is 657 g/mol. The predicted molar refractivity (Wildman–Crippen MR) is 210 cm³/mol. The van der Waals surface area contributed by atoms with E-state index in [1.807, 2.05) is 24.3 Å². The zero-order chi connectivity index (χ0) is 35.4. The van der Waals surface area contributed by atoms with Crippen molar-refractivity contribution >= 4 is 11.9 Å². The second kappa shape index (κ2) is 42.8. The molecular weight excluding hydrogens is 592 g/mol. The molecule has 4 heteroatoms. The minimum absolute atomic E-state index is 0.210. The standard InChI is InChI=1S/2C22H32O2/c2*1-2-3-4-5-6-7-8-9-10-11-12-13-14-15-16-17-18-19-20-21-22(23)24/h2*3-4,6-7,9-10,12-13,15-16,18-19H,2,5,8,11,14,17,20-21H2,1H3,(H,23,24)/b4-3+,7-6+,10-9+,13-12+,16-15+,19-18+;4-3-,7-6-,10-9-,13-12-,16-15-,19-18-. The van der Waals surface area contributed by atoms with Crippen LogP contribution < -0.4 is 0 Å². The minimum atomic E-state index is -0.741. The first-order chi connectivity index (χ1) is 23.5. The monoisotopic (exact) mass is 656 g/mol. The number of rotatable bonds is 28. The Morgan fingerprint density at radius 2 is 0.479 bits per heavy atom. The lowest BCUT2D eigenvalue weighted by molar-refractivity contribution is -0.137. The lowest BCUT2D eigenvalue weighted by Gasteiger charge is -1.87. The van der Waals surface area contributed by atoms with Crippen molar-refractivity contribution < 1.29 is 19.8 Å². The Morgan fingerprint density at radius 1 is 0.312 bits per heavy atom. The molecule has 0 amide bonds. The average Bonchev–Trinajstić information content (AvgIpc) is 3.07. The van der Waals surface area contributed by atoms with Crippen molar-refractivity contribution in [2.24, 2.45) is 0 Å². The SMILES string of the molecule is CC/C=C/C/C=C/C/C=C/C/C=C/C/C=C/C/C=C/CCC(=O)O.CC/C=C\C/C=C\C/C=C\C/C=C\C/C=C\C/C=C\CCC(=O)O. The molecule has 0 atom stereocenters. The van der Waals surface area contributed by atoms with E-state index < -0.39 is 11.9 Å². The van der Waals surface area contributed by atoms with Crippen LogP contribution in [0.5, 0.6) is 0 Å². The van der Waals surface area contributed by atoms with E-state index >= 15 is 0 Å². The topological polar surface area (TPSA) is 74.6 Å². The Bertz CT molecular complexity index is 1010. The van der Waals surface area contributed by atoms with Crippen molar-refractivity contribution in [3.05, 3.63) is 146 Å². The molecule has 0 fully saturated rings. The molecule has 0 saturated carbocycles. The summed E-state index contributed by atoms with van der Waals surface area (Å²) < 4.78 is 0. The van der Waals surface area contributed by atoms with Gasteiger partial charge in [-0.2, -0.15) is 0 Å². The van der Waals surface area contributed by atoms with Crippen LogP contribution in [0.1, 0.15) is 117 Å². The van der Waals surface area contributed by atoms with Crippen molar-refractivity contribution in [1.29, 1.82) is 0 Å². The van der Waals surface area contributed by atoms with Crippen LogP contribution in [0.2, 0.25) is 0 Å². The van der Waals surface area contributed by atoms with Gasteiger partial charge in [0, 0.05) is 12.8 Å². The molecule has 2 N–H and O–H groups in total. The zero-order valence-corrected chi connectivity index (χ0v) is 29.9. The van der Waals surface area contributed by atoms with E-state index in [2.05, 4.69) is 135 Å². The zero-order valence-electron chi connectivity index (χ0n) is 29.9. The number of aliphatic carboxylic acids is 2. The lowest BCUT2D eigenvalue weighted by atomic mass is 10.2. The van der Waals surface area contributed by atoms with Gasteiger partial charge in [-0.1, -0.05) is 160 Å². The molecule has 0 heterocycles. The molecule has 0 spiro atoms. The third-order valence-electron chi connectivity index (χ3n) is 6.24. The fourth-order valence-electron chi connectivity index (χ4n) is 3.69. The van der Waals surface area contributed by atoms with E-state index in [0.717, 1.165) is 77.0 Å². The van der Waals surface area contributed by atoms with Gasteiger partial charge in [0.1, 0.15) is 0 Å². The molecule has 48 heavy (non-hydrogen) atoms. The van der Waals surface area contributed by atoms with E-state index in [9.17, 15) is 9.59 Å². The van der Waals surface area contributed by atoms with E-state index in [1.165, 1.54) is 0 Å². The fraction of sp³-hybridized carbons (Fsp3) is 0.409. The third kappa shape index (κ3) is 48.7. The van der Waals surface area contributed by atoms with Gasteiger partial charge in [0.25, 0.3) is 0 Å². The quantitative estimate of drug-likeness (QED) is 0.0822. The smallest absolute Gasteiger partial charge is 0.303 e. The van der Waals surface area contributed by atoms with E-state index in [-0.39, 0.29) is 12.8 Å². The Hall–Kier alpha value is -4.18. The van der Waals surface area contributed by atoms with Crippen LogP contribution in [0, 0.1) is 0 Å². The summed E-state index contributed by atoms with van der Waals surface area (Å²) in [5.74, 6) is -1.48. The number of allylic oxidation sites excluding steroid dienone is 24. The van der Waals surface area contributed by atoms with Crippen LogP contribution >= 0.6 is 0 Å². The molecule has 0 aromatic carbocycles. The highest BCUT2D eigenvalue weighted by Gasteiger charge is 1.91. The maximum absolute atomic E-state index is 10.3. The first kappa shape index (κ1) is 45.9. The van der Waals surface area contributed by atoms with Gasteiger partial charge in [-0.25, -0.2) is 0 Å². The highest BCUT2D eigenvalue weighted by atomic mass is 16.4. The molecule has 0 aliphatic carbocycles. The Balaban J connectivity index is 0. The fourth-order valence-corrected chi connectivity index (χ4v) is 3.69. The summed E-state index contributed by atoms with van der Waals surface area (Å²) in [5.41, 5.74) is 0. The van der Waals surface area contributed by atoms with Gasteiger partial charge in [0.15, 0.2) is 0 Å². The van der Waals surface area contributed by atoms with Crippen molar-refractivity contribution in [3.63, 3.8) is 0 Å². The van der Waals surface area contributed by atoms with Gasteiger partial charge in [-0.15, -0.1) is 0 Å². The molecule has 0 aromatic heterocycles. The summed E-state index contributed by atoms with van der Waals surface area (Å²) >= 11 is 0. The molecule has 0 aliphatic heterocycles. The summed E-state index contributed by atoms with van der Waals surface area (Å²) in [7, 11) is 0. The molecule has 0 saturated heterocycles. The number of carboxylic acid groups (broad SMARTS) is 2. The van der Waals surface area contributed by atoms with Gasteiger partial charge in [0.05, 0.1) is 0 Å². The van der Waals surface area contributed by atoms with Crippen LogP contribution in [-0.4, -0.2) is 22.2 Å². The Labute approximate surface area is 293 Å². The van der Waals surface area contributed by atoms with Crippen LogP contribution in [0.4, 0.5) is 0 Å². The van der Waals surface area contributed by atoms with Crippen LogP contribution in [0.3, 0.4) is 0 Å². The molecule has 0 unspecified atom stereocenters. The Morgan fingerprint density at radius 3 is 0.646 bits per heavy atom. The molecule has 4 nitrogen and oxygen atoms in total. The second-order valence-corrected chi connectivity index (χ2v) is 10.7. The molecule has 0 radical (unpaired) electrons. The maximum Gasteiger partial charge on any atom is 0.303 e. The van der Waals surface area contributed by atoms with Crippen molar-refractivity contribution in [1.82, 2.24) is 0 Å². The largest absolute Gasteiger partial charge is 0.481 e. The van der Waals surface area contributed by atoms with Crippen molar-refractivity contribution in [2.45, 2.75) is 117 Å². The second-order valence-electron chi connectivity index (χ2n) is 10.7. The van der Waals surface area contributed by atoms with Gasteiger partial charge in [-0.3, -0.25) is 9.59 Å². The van der Waals surface area contributed by atoms with Crippen LogP contribution in [-0.2, 0) is 9.59 Å². The highest BCUT2D eigenvalue weighted by molar-refractivity contribution is 5.67. The van der Waals surface area contributed by atoms with Gasteiger partial charge in [-0.05, 0) is 89.9 Å². The van der Waals surface area contributed by atoms with E-state index in [1.54, 1.807) is 0 Å². The van der Waals surface area contributed by atoms with Crippen molar-refractivity contribution in [3.8, 4) is 0 Å². The predicted octanol–water partition coefficient (Wildman–Crippen LogP) is 13.1.